The van der Waals surface area contributed by atoms with Crippen LogP contribution in [0.2, 0.25) is 0 Å². The molecule has 0 aliphatic rings. The molecule has 4 heteroatoms. The third-order valence-electron chi connectivity index (χ3n) is 2.48. The van der Waals surface area contributed by atoms with E-state index >= 15 is 0 Å². The fraction of sp³-hybridized carbons (Fsp3) is 0.143. The lowest BCUT2D eigenvalue weighted by atomic mass is 10.1. The molecule has 1 aromatic heterocycles. The Kier molecular flexibility index (Phi) is 3.77. The van der Waals surface area contributed by atoms with Crippen molar-refractivity contribution >= 4 is 27.5 Å². The molecular formula is C14H13BrN2O. The number of amides is 1. The first kappa shape index (κ1) is 12.8. The SMILES string of the molecule is Cc1cc(C)cc(NC(=O)c2cccnc2Br)c1. The number of pyridine rings is 1. The van der Waals surface area contributed by atoms with Crippen LogP contribution in [-0.4, -0.2) is 10.9 Å². The van der Waals surface area contributed by atoms with E-state index in [9.17, 15) is 4.79 Å². The van der Waals surface area contributed by atoms with E-state index in [1.807, 2.05) is 26.0 Å². The van der Waals surface area contributed by atoms with Crippen LogP contribution in [0.25, 0.3) is 0 Å². The van der Waals surface area contributed by atoms with Crippen molar-refractivity contribution < 1.29 is 4.79 Å². The van der Waals surface area contributed by atoms with E-state index in [1.165, 1.54) is 0 Å². The minimum absolute atomic E-state index is 0.167. The highest BCUT2D eigenvalue weighted by Crippen LogP contribution is 2.17. The summed E-state index contributed by atoms with van der Waals surface area (Å²) in [5, 5.41) is 2.87. The fourth-order valence-electron chi connectivity index (χ4n) is 1.80. The van der Waals surface area contributed by atoms with Gasteiger partial charge in [0.1, 0.15) is 4.60 Å². The number of aromatic nitrogens is 1. The molecule has 0 radical (unpaired) electrons. The predicted octanol–water partition coefficient (Wildman–Crippen LogP) is 3.71. The Morgan fingerprint density at radius 2 is 1.89 bits per heavy atom. The standard InChI is InChI=1S/C14H13BrN2O/c1-9-6-10(2)8-11(7-9)17-14(18)12-4-3-5-16-13(12)15/h3-8H,1-2H3,(H,17,18). The lowest BCUT2D eigenvalue weighted by Gasteiger charge is -2.08. The maximum absolute atomic E-state index is 12.1. The Balaban J connectivity index is 2.24. The normalized spacial score (nSPS) is 10.2. The molecule has 2 rings (SSSR count). The van der Waals surface area contributed by atoms with E-state index in [0.717, 1.165) is 16.8 Å². The van der Waals surface area contributed by atoms with Crippen molar-refractivity contribution in [3.63, 3.8) is 0 Å². The number of benzene rings is 1. The summed E-state index contributed by atoms with van der Waals surface area (Å²) >= 11 is 3.27. The number of anilines is 1. The van der Waals surface area contributed by atoms with Crippen molar-refractivity contribution in [3.05, 3.63) is 57.8 Å². The third-order valence-corrected chi connectivity index (χ3v) is 3.12. The molecule has 0 unspecified atom stereocenters. The molecule has 0 atom stereocenters. The van der Waals surface area contributed by atoms with Gasteiger partial charge in [0.2, 0.25) is 0 Å². The molecule has 0 aliphatic heterocycles. The van der Waals surface area contributed by atoms with Crippen molar-refractivity contribution in [1.82, 2.24) is 4.98 Å². The van der Waals surface area contributed by atoms with Gasteiger partial charge in [0.25, 0.3) is 5.91 Å². The van der Waals surface area contributed by atoms with Crippen LogP contribution in [0.4, 0.5) is 5.69 Å². The van der Waals surface area contributed by atoms with Crippen LogP contribution < -0.4 is 5.32 Å². The van der Waals surface area contributed by atoms with Crippen LogP contribution in [0.1, 0.15) is 21.5 Å². The zero-order valence-corrected chi connectivity index (χ0v) is 11.8. The van der Waals surface area contributed by atoms with Crippen molar-refractivity contribution in [1.29, 1.82) is 0 Å². The van der Waals surface area contributed by atoms with Crippen LogP contribution in [0, 0.1) is 13.8 Å². The minimum atomic E-state index is -0.167. The van der Waals surface area contributed by atoms with Gasteiger partial charge in [0.05, 0.1) is 5.56 Å². The van der Waals surface area contributed by atoms with Crippen LogP contribution in [-0.2, 0) is 0 Å². The van der Waals surface area contributed by atoms with Gasteiger partial charge in [0.15, 0.2) is 0 Å². The Labute approximate surface area is 114 Å². The van der Waals surface area contributed by atoms with E-state index < -0.39 is 0 Å². The second kappa shape index (κ2) is 5.31. The maximum atomic E-state index is 12.1. The number of aryl methyl sites for hydroxylation is 2. The Morgan fingerprint density at radius 1 is 1.22 bits per heavy atom. The number of halogens is 1. The zero-order valence-electron chi connectivity index (χ0n) is 10.2. The monoisotopic (exact) mass is 304 g/mol. The summed E-state index contributed by atoms with van der Waals surface area (Å²) in [6.07, 6.45) is 1.64. The summed E-state index contributed by atoms with van der Waals surface area (Å²) in [6.45, 7) is 4.01. The maximum Gasteiger partial charge on any atom is 0.258 e. The Bertz CT molecular complexity index is 576. The summed E-state index contributed by atoms with van der Waals surface area (Å²) in [5.74, 6) is -0.167. The first-order valence-electron chi connectivity index (χ1n) is 5.56. The van der Waals surface area contributed by atoms with Gasteiger partial charge in [0, 0.05) is 11.9 Å². The molecule has 0 saturated carbocycles. The molecule has 0 spiro atoms. The highest BCUT2D eigenvalue weighted by molar-refractivity contribution is 9.10. The van der Waals surface area contributed by atoms with Crippen molar-refractivity contribution in [3.8, 4) is 0 Å². The Hall–Kier alpha value is -1.68. The molecule has 92 valence electrons. The number of nitrogens with one attached hydrogen (secondary N) is 1. The molecule has 2 aromatic rings. The number of rotatable bonds is 2. The fourth-order valence-corrected chi connectivity index (χ4v) is 2.23. The van der Waals surface area contributed by atoms with Gasteiger partial charge < -0.3 is 5.32 Å². The molecule has 0 bridgehead atoms. The number of hydrogen-bond acceptors (Lipinski definition) is 2. The van der Waals surface area contributed by atoms with E-state index in [0.29, 0.717) is 10.2 Å². The zero-order chi connectivity index (χ0) is 13.1. The van der Waals surface area contributed by atoms with Gasteiger partial charge in [-0.3, -0.25) is 4.79 Å². The van der Waals surface area contributed by atoms with Gasteiger partial charge in [-0.05, 0) is 65.2 Å². The molecule has 0 saturated heterocycles. The predicted molar refractivity (Wildman–Crippen MR) is 75.8 cm³/mol. The summed E-state index contributed by atoms with van der Waals surface area (Å²) in [4.78, 5) is 16.1. The third kappa shape index (κ3) is 2.96. The molecular weight excluding hydrogens is 292 g/mol. The molecule has 1 N–H and O–H groups in total. The summed E-state index contributed by atoms with van der Waals surface area (Å²) < 4.78 is 0.548. The number of nitrogens with zero attached hydrogens (tertiary/aromatic N) is 1. The van der Waals surface area contributed by atoms with Gasteiger partial charge in [-0.25, -0.2) is 4.98 Å². The molecule has 1 amide bonds. The number of hydrogen-bond donors (Lipinski definition) is 1. The molecule has 0 aliphatic carbocycles. The van der Waals surface area contributed by atoms with Crippen LogP contribution in [0.5, 0.6) is 0 Å². The van der Waals surface area contributed by atoms with Crippen molar-refractivity contribution in [2.45, 2.75) is 13.8 Å². The summed E-state index contributed by atoms with van der Waals surface area (Å²) in [7, 11) is 0. The summed E-state index contributed by atoms with van der Waals surface area (Å²) in [6, 6.07) is 9.41. The Morgan fingerprint density at radius 3 is 2.50 bits per heavy atom. The smallest absolute Gasteiger partial charge is 0.258 e. The first-order chi connectivity index (χ1) is 8.56. The lowest BCUT2D eigenvalue weighted by Crippen LogP contribution is -2.13. The second-order valence-electron chi connectivity index (χ2n) is 4.17. The molecule has 3 nitrogen and oxygen atoms in total. The average molecular weight is 305 g/mol. The summed E-state index contributed by atoms with van der Waals surface area (Å²) in [5.41, 5.74) is 3.57. The second-order valence-corrected chi connectivity index (χ2v) is 4.92. The van der Waals surface area contributed by atoms with E-state index in [1.54, 1.807) is 18.3 Å². The number of carbonyl (C=O) groups excluding carboxylic acids is 1. The number of carbonyl (C=O) groups is 1. The van der Waals surface area contributed by atoms with E-state index in [4.69, 9.17) is 0 Å². The van der Waals surface area contributed by atoms with Crippen molar-refractivity contribution in [2.75, 3.05) is 5.32 Å². The van der Waals surface area contributed by atoms with E-state index in [-0.39, 0.29) is 5.91 Å². The van der Waals surface area contributed by atoms with Crippen molar-refractivity contribution in [2.24, 2.45) is 0 Å². The van der Waals surface area contributed by atoms with Gasteiger partial charge >= 0.3 is 0 Å². The topological polar surface area (TPSA) is 42.0 Å². The minimum Gasteiger partial charge on any atom is -0.322 e. The van der Waals surface area contributed by atoms with Gasteiger partial charge in [-0.2, -0.15) is 0 Å². The molecule has 1 aromatic carbocycles. The molecule has 1 heterocycles. The van der Waals surface area contributed by atoms with Crippen LogP contribution in [0.3, 0.4) is 0 Å². The molecule has 0 fully saturated rings. The largest absolute Gasteiger partial charge is 0.322 e. The van der Waals surface area contributed by atoms with Gasteiger partial charge in [-0.15, -0.1) is 0 Å². The lowest BCUT2D eigenvalue weighted by molar-refractivity contribution is 0.102. The quantitative estimate of drug-likeness (QED) is 0.859. The molecule has 18 heavy (non-hydrogen) atoms. The van der Waals surface area contributed by atoms with Crippen LogP contribution >= 0.6 is 15.9 Å². The highest BCUT2D eigenvalue weighted by atomic mass is 79.9. The van der Waals surface area contributed by atoms with Crippen LogP contribution in [0.15, 0.2) is 41.1 Å². The average Bonchev–Trinajstić information content (AvgIpc) is 2.27. The van der Waals surface area contributed by atoms with E-state index in [2.05, 4.69) is 32.3 Å². The van der Waals surface area contributed by atoms with Gasteiger partial charge in [-0.1, -0.05) is 6.07 Å². The highest BCUT2D eigenvalue weighted by Gasteiger charge is 2.10. The first-order valence-corrected chi connectivity index (χ1v) is 6.36.